The first kappa shape index (κ1) is 23.1. The van der Waals surface area contributed by atoms with E-state index in [1.165, 1.54) is 41.9 Å². The predicted molar refractivity (Wildman–Crippen MR) is 122 cm³/mol. The summed E-state index contributed by atoms with van der Waals surface area (Å²) in [5.41, 5.74) is 1.31. The van der Waals surface area contributed by atoms with Crippen molar-refractivity contribution >= 4 is 33.2 Å². The number of furan rings is 1. The second-order valence-electron chi connectivity index (χ2n) is 7.66. The lowest BCUT2D eigenvalue weighted by atomic mass is 10.2. The summed E-state index contributed by atoms with van der Waals surface area (Å²) in [5, 5.41) is 2.72. The first-order valence-electron chi connectivity index (χ1n) is 10.4. The first-order valence-corrected chi connectivity index (χ1v) is 12.8. The van der Waals surface area contributed by atoms with Crippen molar-refractivity contribution in [2.24, 2.45) is 0 Å². The van der Waals surface area contributed by atoms with Crippen LogP contribution in [0.2, 0.25) is 0 Å². The fraction of sp³-hybridized carbons (Fsp3) is 0.318. The quantitative estimate of drug-likeness (QED) is 0.545. The number of nitrogens with zero attached hydrogens (tertiary/aromatic N) is 3. The predicted octanol–water partition coefficient (Wildman–Crippen LogP) is 2.05. The van der Waals surface area contributed by atoms with Gasteiger partial charge in [0, 0.05) is 42.8 Å². The number of benzene rings is 1. The maximum Gasteiger partial charge on any atom is 0.253 e. The number of carbonyl (C=O) groups excluding carboxylic acids is 2. The Labute approximate surface area is 196 Å². The minimum absolute atomic E-state index is 0.00746. The molecule has 1 saturated heterocycles. The van der Waals surface area contributed by atoms with Gasteiger partial charge in [-0.2, -0.15) is 0 Å². The molecule has 1 aromatic carbocycles. The maximum absolute atomic E-state index is 12.8. The fourth-order valence-electron chi connectivity index (χ4n) is 3.51. The number of amides is 2. The molecule has 1 fully saturated rings. The molecule has 2 aromatic heterocycles. The van der Waals surface area contributed by atoms with Crippen LogP contribution in [0.15, 0.2) is 57.4 Å². The van der Waals surface area contributed by atoms with Crippen LogP contribution in [0.3, 0.4) is 0 Å². The summed E-state index contributed by atoms with van der Waals surface area (Å²) in [7, 11) is -3.73. The van der Waals surface area contributed by atoms with E-state index in [0.29, 0.717) is 37.5 Å². The number of hydrogen-bond donors (Lipinski definition) is 1. The SMILES string of the molecule is Cc1csc(CC(=O)N2CCN(C(=O)c3ccc(S(=O)(=O)NCc4ccco4)cc3)CC2)n1. The monoisotopic (exact) mass is 488 g/mol. The van der Waals surface area contributed by atoms with Crippen LogP contribution in [0.5, 0.6) is 0 Å². The normalized spacial score (nSPS) is 14.5. The van der Waals surface area contributed by atoms with Crippen molar-refractivity contribution in [1.29, 1.82) is 0 Å². The molecule has 33 heavy (non-hydrogen) atoms. The standard InChI is InChI=1S/C22H24N4O5S2/c1-16-15-32-20(24-16)13-21(27)25-8-10-26(11-9-25)22(28)17-4-6-19(7-5-17)33(29,30)23-14-18-3-2-12-31-18/h2-7,12,15,23H,8-11,13-14H2,1H3. The van der Waals surface area contributed by atoms with Crippen LogP contribution in [-0.4, -0.2) is 61.2 Å². The number of aromatic nitrogens is 1. The Morgan fingerprint density at radius 3 is 2.39 bits per heavy atom. The highest BCUT2D eigenvalue weighted by Gasteiger charge is 2.25. The minimum Gasteiger partial charge on any atom is -0.468 e. The number of sulfonamides is 1. The number of nitrogens with one attached hydrogen (secondary N) is 1. The highest BCUT2D eigenvalue weighted by Crippen LogP contribution is 2.16. The van der Waals surface area contributed by atoms with Gasteiger partial charge in [-0.25, -0.2) is 18.1 Å². The molecule has 1 N–H and O–H groups in total. The largest absolute Gasteiger partial charge is 0.468 e. The molecule has 9 nitrogen and oxygen atoms in total. The van der Waals surface area contributed by atoms with E-state index in [1.807, 2.05) is 12.3 Å². The molecule has 0 bridgehead atoms. The van der Waals surface area contributed by atoms with Crippen LogP contribution in [0.4, 0.5) is 0 Å². The zero-order chi connectivity index (χ0) is 23.4. The smallest absolute Gasteiger partial charge is 0.253 e. The van der Waals surface area contributed by atoms with Crippen LogP contribution >= 0.6 is 11.3 Å². The van der Waals surface area contributed by atoms with Gasteiger partial charge in [0.1, 0.15) is 10.8 Å². The molecular formula is C22H24N4O5S2. The summed E-state index contributed by atoms with van der Waals surface area (Å²) in [6, 6.07) is 9.19. The van der Waals surface area contributed by atoms with E-state index in [4.69, 9.17) is 4.42 Å². The second kappa shape index (κ2) is 9.86. The van der Waals surface area contributed by atoms with Crippen molar-refractivity contribution in [3.63, 3.8) is 0 Å². The summed E-state index contributed by atoms with van der Waals surface area (Å²) in [6.07, 6.45) is 1.75. The summed E-state index contributed by atoms with van der Waals surface area (Å²) in [4.78, 5) is 33.2. The third kappa shape index (κ3) is 5.67. The van der Waals surface area contributed by atoms with Crippen molar-refractivity contribution < 1.29 is 22.4 Å². The van der Waals surface area contributed by atoms with Crippen LogP contribution in [-0.2, 0) is 27.8 Å². The van der Waals surface area contributed by atoms with Crippen molar-refractivity contribution in [3.05, 3.63) is 70.1 Å². The second-order valence-corrected chi connectivity index (χ2v) is 10.4. The zero-order valence-electron chi connectivity index (χ0n) is 18.1. The number of rotatable bonds is 7. The fourth-order valence-corrected chi connectivity index (χ4v) is 5.26. The van der Waals surface area contributed by atoms with Gasteiger partial charge in [-0.15, -0.1) is 11.3 Å². The van der Waals surface area contributed by atoms with E-state index in [-0.39, 0.29) is 29.7 Å². The molecule has 1 aliphatic rings. The van der Waals surface area contributed by atoms with Crippen LogP contribution in [0.25, 0.3) is 0 Å². The van der Waals surface area contributed by atoms with E-state index in [1.54, 1.807) is 21.9 Å². The van der Waals surface area contributed by atoms with Gasteiger partial charge >= 0.3 is 0 Å². The van der Waals surface area contributed by atoms with Crippen molar-refractivity contribution in [2.75, 3.05) is 26.2 Å². The lowest BCUT2D eigenvalue weighted by molar-refractivity contribution is -0.131. The van der Waals surface area contributed by atoms with E-state index in [9.17, 15) is 18.0 Å². The van der Waals surface area contributed by atoms with Crippen LogP contribution in [0, 0.1) is 6.92 Å². The molecule has 0 aliphatic carbocycles. The average Bonchev–Trinajstić information content (AvgIpc) is 3.49. The van der Waals surface area contributed by atoms with Gasteiger partial charge in [-0.05, 0) is 43.3 Å². The van der Waals surface area contributed by atoms with Gasteiger partial charge in [-0.1, -0.05) is 0 Å². The van der Waals surface area contributed by atoms with Gasteiger partial charge < -0.3 is 14.2 Å². The van der Waals surface area contributed by atoms with Gasteiger partial charge in [0.05, 0.1) is 24.1 Å². The Morgan fingerprint density at radius 1 is 1.09 bits per heavy atom. The molecule has 4 rings (SSSR count). The molecule has 0 saturated carbocycles. The van der Waals surface area contributed by atoms with Crippen LogP contribution in [0.1, 0.15) is 26.8 Å². The Morgan fingerprint density at radius 2 is 1.79 bits per heavy atom. The van der Waals surface area contributed by atoms with Gasteiger partial charge in [0.25, 0.3) is 5.91 Å². The number of hydrogen-bond acceptors (Lipinski definition) is 7. The summed E-state index contributed by atoms with van der Waals surface area (Å²) in [6.45, 7) is 3.70. The third-order valence-electron chi connectivity index (χ3n) is 5.32. The number of thiazole rings is 1. The highest BCUT2D eigenvalue weighted by molar-refractivity contribution is 7.89. The Hall–Kier alpha value is -3.02. The first-order chi connectivity index (χ1) is 15.8. The molecule has 0 spiro atoms. The van der Waals surface area contributed by atoms with E-state index in [0.717, 1.165) is 10.7 Å². The summed E-state index contributed by atoms with van der Waals surface area (Å²) < 4.78 is 32.5. The molecular weight excluding hydrogens is 464 g/mol. The van der Waals surface area contributed by atoms with E-state index in [2.05, 4.69) is 9.71 Å². The van der Waals surface area contributed by atoms with E-state index < -0.39 is 10.0 Å². The van der Waals surface area contributed by atoms with Crippen molar-refractivity contribution in [2.45, 2.75) is 24.8 Å². The van der Waals surface area contributed by atoms with E-state index >= 15 is 0 Å². The molecule has 11 heteroatoms. The lowest BCUT2D eigenvalue weighted by Gasteiger charge is -2.34. The minimum atomic E-state index is -3.73. The third-order valence-corrected chi connectivity index (χ3v) is 7.70. The van der Waals surface area contributed by atoms with Gasteiger partial charge in [-0.3, -0.25) is 9.59 Å². The summed E-state index contributed by atoms with van der Waals surface area (Å²) in [5.74, 6) is 0.322. The molecule has 3 heterocycles. The lowest BCUT2D eigenvalue weighted by Crippen LogP contribution is -2.51. The van der Waals surface area contributed by atoms with Crippen molar-refractivity contribution in [1.82, 2.24) is 19.5 Å². The number of piperazine rings is 1. The number of carbonyl (C=O) groups is 2. The van der Waals surface area contributed by atoms with Crippen LogP contribution < -0.4 is 4.72 Å². The van der Waals surface area contributed by atoms with Crippen molar-refractivity contribution in [3.8, 4) is 0 Å². The highest BCUT2D eigenvalue weighted by atomic mass is 32.2. The molecule has 0 atom stereocenters. The molecule has 3 aromatic rings. The Bertz CT molecular complexity index is 1210. The Kier molecular flexibility index (Phi) is 6.91. The summed E-state index contributed by atoms with van der Waals surface area (Å²) >= 11 is 1.47. The molecule has 0 unspecified atom stereocenters. The topological polar surface area (TPSA) is 113 Å². The zero-order valence-corrected chi connectivity index (χ0v) is 19.7. The van der Waals surface area contributed by atoms with Gasteiger partial charge in [0.15, 0.2) is 0 Å². The molecule has 174 valence electrons. The molecule has 0 radical (unpaired) electrons. The maximum atomic E-state index is 12.8. The molecule has 2 amide bonds. The molecule has 1 aliphatic heterocycles. The average molecular weight is 489 g/mol. The Balaban J connectivity index is 1.31. The van der Waals surface area contributed by atoms with Gasteiger partial charge in [0.2, 0.25) is 15.9 Å². The number of aryl methyl sites for hydroxylation is 1.